The van der Waals surface area contributed by atoms with Crippen molar-refractivity contribution < 1.29 is 15.0 Å². The number of carbonyl (C=O) groups is 1. The predicted octanol–water partition coefficient (Wildman–Crippen LogP) is 0.905. The zero-order valence-corrected chi connectivity index (χ0v) is 9.64. The van der Waals surface area contributed by atoms with Crippen LogP contribution in [-0.2, 0) is 0 Å². The zero-order valence-electron chi connectivity index (χ0n) is 9.64. The summed E-state index contributed by atoms with van der Waals surface area (Å²) in [5.41, 5.74) is 0.853. The van der Waals surface area contributed by atoms with Gasteiger partial charge in [-0.15, -0.1) is 0 Å². The first kappa shape index (κ1) is 12.4. The lowest BCUT2D eigenvalue weighted by Gasteiger charge is -2.24. The maximum Gasteiger partial charge on any atom is 0.335 e. The molecule has 1 atom stereocenters. The van der Waals surface area contributed by atoms with Crippen LogP contribution in [0, 0.1) is 6.92 Å². The van der Waals surface area contributed by atoms with Gasteiger partial charge in [-0.25, -0.2) is 9.78 Å². The maximum atomic E-state index is 10.9. The second-order valence-corrected chi connectivity index (χ2v) is 3.80. The van der Waals surface area contributed by atoms with E-state index in [1.165, 1.54) is 12.1 Å². The van der Waals surface area contributed by atoms with E-state index in [0.29, 0.717) is 11.5 Å². The Balaban J connectivity index is 3.09. The number of aromatic nitrogens is 1. The van der Waals surface area contributed by atoms with Gasteiger partial charge in [0.05, 0.1) is 18.2 Å². The van der Waals surface area contributed by atoms with Crippen LogP contribution in [0.1, 0.15) is 23.0 Å². The van der Waals surface area contributed by atoms with E-state index in [1.807, 2.05) is 6.92 Å². The molecule has 0 aliphatic heterocycles. The highest BCUT2D eigenvalue weighted by Crippen LogP contribution is 2.15. The molecule has 5 nitrogen and oxygen atoms in total. The number of hydrogen-bond donors (Lipinski definition) is 2. The van der Waals surface area contributed by atoms with Crippen molar-refractivity contribution >= 4 is 11.8 Å². The first-order chi connectivity index (χ1) is 7.45. The zero-order chi connectivity index (χ0) is 12.3. The summed E-state index contributed by atoms with van der Waals surface area (Å²) in [4.78, 5) is 16.9. The molecule has 16 heavy (non-hydrogen) atoms. The van der Waals surface area contributed by atoms with Crippen LogP contribution in [0.3, 0.4) is 0 Å². The van der Waals surface area contributed by atoms with Crippen LogP contribution in [0.25, 0.3) is 0 Å². The van der Waals surface area contributed by atoms with Gasteiger partial charge in [0, 0.05) is 12.7 Å². The lowest BCUT2D eigenvalue weighted by molar-refractivity contribution is 0.0696. The summed E-state index contributed by atoms with van der Waals surface area (Å²) >= 11 is 0. The van der Waals surface area contributed by atoms with Gasteiger partial charge in [-0.1, -0.05) is 0 Å². The molecule has 1 rings (SSSR count). The van der Waals surface area contributed by atoms with Crippen molar-refractivity contribution in [2.75, 3.05) is 18.6 Å². The quantitative estimate of drug-likeness (QED) is 0.795. The summed E-state index contributed by atoms with van der Waals surface area (Å²) in [5.74, 6) is -0.421. The highest BCUT2D eigenvalue weighted by atomic mass is 16.4. The Kier molecular flexibility index (Phi) is 3.84. The van der Waals surface area contributed by atoms with Crippen LogP contribution < -0.4 is 4.90 Å². The molecule has 1 unspecified atom stereocenters. The van der Waals surface area contributed by atoms with Gasteiger partial charge in [-0.2, -0.15) is 0 Å². The fourth-order valence-electron chi connectivity index (χ4n) is 1.30. The van der Waals surface area contributed by atoms with Crippen molar-refractivity contribution in [3.63, 3.8) is 0 Å². The summed E-state index contributed by atoms with van der Waals surface area (Å²) in [7, 11) is 1.77. The lowest BCUT2D eigenvalue weighted by atomic mass is 10.2. The largest absolute Gasteiger partial charge is 0.478 e. The van der Waals surface area contributed by atoms with Crippen LogP contribution in [0.4, 0.5) is 5.82 Å². The summed E-state index contributed by atoms with van der Waals surface area (Å²) in [6.45, 7) is 3.58. The second-order valence-electron chi connectivity index (χ2n) is 3.80. The van der Waals surface area contributed by atoms with Crippen molar-refractivity contribution in [1.82, 2.24) is 4.98 Å². The summed E-state index contributed by atoms with van der Waals surface area (Å²) in [6.07, 6.45) is 0. The number of rotatable bonds is 4. The number of pyridine rings is 1. The molecule has 0 amide bonds. The minimum atomic E-state index is -0.975. The maximum absolute atomic E-state index is 10.9. The molecule has 0 fully saturated rings. The number of aromatic carboxylic acids is 1. The van der Waals surface area contributed by atoms with E-state index in [1.54, 1.807) is 18.9 Å². The molecule has 0 spiro atoms. The topological polar surface area (TPSA) is 73.7 Å². The van der Waals surface area contributed by atoms with Crippen molar-refractivity contribution in [2.24, 2.45) is 0 Å². The van der Waals surface area contributed by atoms with Crippen LogP contribution >= 0.6 is 0 Å². The van der Waals surface area contributed by atoms with Gasteiger partial charge in [0.25, 0.3) is 0 Å². The predicted molar refractivity (Wildman–Crippen MR) is 60.9 cm³/mol. The number of hydrogen-bond acceptors (Lipinski definition) is 4. The Hall–Kier alpha value is -1.62. The molecule has 2 N–H and O–H groups in total. The molecule has 0 saturated carbocycles. The fraction of sp³-hybridized carbons (Fsp3) is 0.455. The van der Waals surface area contributed by atoms with Gasteiger partial charge < -0.3 is 15.1 Å². The monoisotopic (exact) mass is 224 g/mol. The van der Waals surface area contributed by atoms with Gasteiger partial charge >= 0.3 is 5.97 Å². The van der Waals surface area contributed by atoms with Gasteiger partial charge in [-0.05, 0) is 26.0 Å². The lowest BCUT2D eigenvalue weighted by Crippen LogP contribution is -2.32. The smallest absolute Gasteiger partial charge is 0.335 e. The number of carboxylic acid groups (broad SMARTS) is 1. The van der Waals surface area contributed by atoms with Crippen molar-refractivity contribution in [1.29, 1.82) is 0 Å². The number of aliphatic hydroxyl groups excluding tert-OH is 1. The van der Waals surface area contributed by atoms with Crippen LogP contribution in [0.15, 0.2) is 12.1 Å². The van der Waals surface area contributed by atoms with Gasteiger partial charge in [0.1, 0.15) is 5.82 Å². The van der Waals surface area contributed by atoms with Crippen LogP contribution in [-0.4, -0.2) is 40.9 Å². The first-order valence-corrected chi connectivity index (χ1v) is 5.01. The van der Waals surface area contributed by atoms with Crippen molar-refractivity contribution in [2.45, 2.75) is 19.9 Å². The molecule has 88 valence electrons. The Morgan fingerprint density at radius 3 is 2.69 bits per heavy atom. The van der Waals surface area contributed by atoms with Gasteiger partial charge in [0.2, 0.25) is 0 Å². The van der Waals surface area contributed by atoms with E-state index < -0.39 is 5.97 Å². The van der Waals surface area contributed by atoms with Crippen LogP contribution in [0.5, 0.6) is 0 Å². The van der Waals surface area contributed by atoms with Gasteiger partial charge in [-0.3, -0.25) is 0 Å². The molecule has 1 aromatic heterocycles. The highest BCUT2D eigenvalue weighted by Gasteiger charge is 2.13. The van der Waals surface area contributed by atoms with E-state index in [2.05, 4.69) is 4.98 Å². The highest BCUT2D eigenvalue weighted by molar-refractivity contribution is 5.88. The summed E-state index contributed by atoms with van der Waals surface area (Å²) < 4.78 is 0. The van der Waals surface area contributed by atoms with E-state index in [-0.39, 0.29) is 18.2 Å². The van der Waals surface area contributed by atoms with E-state index in [0.717, 1.165) is 0 Å². The molecule has 1 aromatic rings. The number of carboxylic acids is 1. The molecule has 0 bridgehead atoms. The normalized spacial score (nSPS) is 12.2. The SMILES string of the molecule is Cc1cc(C(=O)O)cc(N(C)C(C)CO)n1. The van der Waals surface area contributed by atoms with Gasteiger partial charge in [0.15, 0.2) is 0 Å². The third-order valence-electron chi connectivity index (χ3n) is 2.47. The average Bonchev–Trinajstić information content (AvgIpc) is 2.26. The molecule has 0 radical (unpaired) electrons. The molecular weight excluding hydrogens is 208 g/mol. The van der Waals surface area contributed by atoms with Crippen LogP contribution in [0.2, 0.25) is 0 Å². The summed E-state index contributed by atoms with van der Waals surface area (Å²) in [6, 6.07) is 2.92. The Morgan fingerprint density at radius 1 is 1.56 bits per heavy atom. The third-order valence-corrected chi connectivity index (χ3v) is 2.47. The number of likely N-dealkylation sites (N-methyl/N-ethyl adjacent to an activating group) is 1. The molecule has 0 aromatic carbocycles. The number of aryl methyl sites for hydroxylation is 1. The fourth-order valence-corrected chi connectivity index (χ4v) is 1.30. The summed E-state index contributed by atoms with van der Waals surface area (Å²) in [5, 5.41) is 17.9. The molecule has 0 aliphatic carbocycles. The molecule has 1 heterocycles. The van der Waals surface area contributed by atoms with Crippen molar-refractivity contribution in [3.05, 3.63) is 23.4 Å². The van der Waals surface area contributed by atoms with E-state index >= 15 is 0 Å². The first-order valence-electron chi connectivity index (χ1n) is 5.01. The molecular formula is C11H16N2O3. The minimum absolute atomic E-state index is 0.00543. The molecule has 0 saturated heterocycles. The number of aliphatic hydroxyl groups is 1. The van der Waals surface area contributed by atoms with Crippen molar-refractivity contribution in [3.8, 4) is 0 Å². The molecule has 0 aliphatic rings. The average molecular weight is 224 g/mol. The number of nitrogens with zero attached hydrogens (tertiary/aromatic N) is 2. The number of anilines is 1. The molecule has 5 heteroatoms. The Labute approximate surface area is 94.4 Å². The minimum Gasteiger partial charge on any atom is -0.478 e. The Morgan fingerprint density at radius 2 is 2.19 bits per heavy atom. The van der Waals surface area contributed by atoms with E-state index in [4.69, 9.17) is 10.2 Å². The Bertz CT molecular complexity index is 393. The second kappa shape index (κ2) is 4.94. The third kappa shape index (κ3) is 2.70. The van der Waals surface area contributed by atoms with E-state index in [9.17, 15) is 4.79 Å². The standard InChI is InChI=1S/C11H16N2O3/c1-7-4-9(11(15)16)5-10(12-7)13(3)8(2)6-14/h4-5,8,14H,6H2,1-3H3,(H,15,16).